The monoisotopic (exact) mass is 353 g/mol. The maximum atomic E-state index is 13.1. The third-order valence-corrected chi connectivity index (χ3v) is 5.03. The van der Waals surface area contributed by atoms with Gasteiger partial charge in [0.2, 0.25) is 0 Å². The van der Waals surface area contributed by atoms with Crippen LogP contribution >= 0.6 is 11.3 Å². The van der Waals surface area contributed by atoms with E-state index >= 15 is 0 Å². The zero-order valence-corrected chi connectivity index (χ0v) is 15.7. The minimum absolute atomic E-state index is 0.0371. The predicted molar refractivity (Wildman–Crippen MR) is 102 cm³/mol. The maximum Gasteiger partial charge on any atom is 0.254 e. The molecule has 3 nitrogen and oxygen atoms in total. The molecule has 2 aromatic heterocycles. The lowest BCUT2D eigenvalue weighted by Crippen LogP contribution is -2.29. The van der Waals surface area contributed by atoms with Crippen LogP contribution in [0.5, 0.6) is 0 Å². The van der Waals surface area contributed by atoms with Crippen molar-refractivity contribution in [3.63, 3.8) is 0 Å². The molecule has 130 valence electrons. The molecule has 3 aromatic rings. The lowest BCUT2D eigenvalue weighted by atomic mass is 9.86. The average Bonchev–Trinajstić information content (AvgIpc) is 3.27. The fourth-order valence-corrected chi connectivity index (χ4v) is 3.41. The fourth-order valence-electron chi connectivity index (χ4n) is 2.69. The predicted octanol–water partition coefficient (Wildman–Crippen LogP) is 5.48. The van der Waals surface area contributed by atoms with Crippen molar-refractivity contribution >= 4 is 17.2 Å². The van der Waals surface area contributed by atoms with Gasteiger partial charge in [-0.1, -0.05) is 39.0 Å². The number of carbonyl (C=O) groups excluding carboxylic acids is 1. The molecule has 0 saturated carbocycles. The first kappa shape index (κ1) is 17.5. The van der Waals surface area contributed by atoms with Gasteiger partial charge in [0.25, 0.3) is 5.91 Å². The molecule has 3 rings (SSSR count). The van der Waals surface area contributed by atoms with Crippen LogP contribution in [-0.4, -0.2) is 10.8 Å². The molecule has 0 bridgehead atoms. The van der Waals surface area contributed by atoms with E-state index in [1.54, 1.807) is 23.9 Å². The lowest BCUT2D eigenvalue weighted by molar-refractivity contribution is 0.0731. The molecule has 25 heavy (non-hydrogen) atoms. The molecule has 0 unspecified atom stereocenters. The highest BCUT2D eigenvalue weighted by molar-refractivity contribution is 7.09. The molecule has 1 aromatic carbocycles. The van der Waals surface area contributed by atoms with Gasteiger partial charge in [0.05, 0.1) is 19.1 Å². The van der Waals surface area contributed by atoms with Crippen LogP contribution in [0, 0.1) is 0 Å². The second kappa shape index (κ2) is 7.28. The summed E-state index contributed by atoms with van der Waals surface area (Å²) in [7, 11) is 0. The summed E-state index contributed by atoms with van der Waals surface area (Å²) in [6, 6.07) is 13.9. The Morgan fingerprint density at radius 2 is 1.84 bits per heavy atom. The van der Waals surface area contributed by atoms with Gasteiger partial charge in [-0.3, -0.25) is 4.79 Å². The molecular formula is C21H23NO2S. The molecule has 0 aliphatic carbocycles. The van der Waals surface area contributed by atoms with Crippen LogP contribution < -0.4 is 0 Å². The lowest BCUT2D eigenvalue weighted by Gasteiger charge is -2.23. The Labute approximate surface area is 152 Å². The smallest absolute Gasteiger partial charge is 0.254 e. The first-order valence-electron chi connectivity index (χ1n) is 8.37. The first-order chi connectivity index (χ1) is 11.9. The minimum Gasteiger partial charge on any atom is -0.472 e. The Balaban J connectivity index is 1.82. The first-order valence-corrected chi connectivity index (χ1v) is 9.25. The van der Waals surface area contributed by atoms with E-state index in [4.69, 9.17) is 4.42 Å². The molecule has 4 heteroatoms. The molecule has 0 fully saturated rings. The number of carbonyl (C=O) groups is 1. The summed E-state index contributed by atoms with van der Waals surface area (Å²) in [6.45, 7) is 7.65. The van der Waals surface area contributed by atoms with Crippen molar-refractivity contribution in [3.8, 4) is 0 Å². The normalized spacial score (nSPS) is 11.5. The van der Waals surface area contributed by atoms with Crippen molar-refractivity contribution in [1.29, 1.82) is 0 Å². The van der Waals surface area contributed by atoms with Gasteiger partial charge in [-0.15, -0.1) is 11.3 Å². The summed E-state index contributed by atoms with van der Waals surface area (Å²) in [5.41, 5.74) is 3.02. The van der Waals surface area contributed by atoms with E-state index in [0.717, 1.165) is 5.56 Å². The topological polar surface area (TPSA) is 33.5 Å². The van der Waals surface area contributed by atoms with Crippen molar-refractivity contribution in [3.05, 3.63) is 81.9 Å². The van der Waals surface area contributed by atoms with Gasteiger partial charge in [-0.2, -0.15) is 0 Å². The van der Waals surface area contributed by atoms with Gasteiger partial charge < -0.3 is 9.32 Å². The molecule has 0 spiro atoms. The summed E-state index contributed by atoms with van der Waals surface area (Å²) in [6.07, 6.45) is 3.33. The molecule has 0 aliphatic heterocycles. The molecule has 0 atom stereocenters. The number of hydrogen-bond acceptors (Lipinski definition) is 3. The molecule has 2 heterocycles. The standard InChI is InChI=1S/C21H23NO2S/c1-21(2,3)18-8-6-17(7-9-18)20(23)22(13-16-10-11-24-15-16)14-19-5-4-12-25-19/h4-12,15H,13-14H2,1-3H3. The van der Waals surface area contributed by atoms with Crippen LogP contribution in [-0.2, 0) is 18.5 Å². The van der Waals surface area contributed by atoms with E-state index in [1.807, 2.05) is 34.5 Å². The van der Waals surface area contributed by atoms with E-state index in [2.05, 4.69) is 39.0 Å². The molecule has 0 aliphatic rings. The number of furan rings is 1. The van der Waals surface area contributed by atoms with Crippen molar-refractivity contribution < 1.29 is 9.21 Å². The van der Waals surface area contributed by atoms with Gasteiger partial charge in [0.15, 0.2) is 0 Å². The second-order valence-corrected chi connectivity index (χ2v) is 8.23. The zero-order chi connectivity index (χ0) is 17.9. The van der Waals surface area contributed by atoms with E-state index in [0.29, 0.717) is 18.7 Å². The largest absolute Gasteiger partial charge is 0.472 e. The van der Waals surface area contributed by atoms with E-state index in [-0.39, 0.29) is 11.3 Å². The summed E-state index contributed by atoms with van der Waals surface area (Å²) in [4.78, 5) is 16.1. The summed E-state index contributed by atoms with van der Waals surface area (Å²) in [5, 5.41) is 2.04. The number of hydrogen-bond donors (Lipinski definition) is 0. The minimum atomic E-state index is 0.0371. The average molecular weight is 353 g/mol. The van der Waals surface area contributed by atoms with Crippen LogP contribution in [0.15, 0.2) is 64.8 Å². The highest BCUT2D eigenvalue weighted by Gasteiger charge is 2.19. The third kappa shape index (κ3) is 4.40. The van der Waals surface area contributed by atoms with E-state index in [1.165, 1.54) is 10.4 Å². The maximum absolute atomic E-state index is 13.1. The quantitative estimate of drug-likeness (QED) is 0.608. The van der Waals surface area contributed by atoms with Crippen molar-refractivity contribution in [2.45, 2.75) is 39.3 Å². The van der Waals surface area contributed by atoms with Crippen LogP contribution in [0.3, 0.4) is 0 Å². The number of amides is 1. The number of rotatable bonds is 5. The fraction of sp³-hybridized carbons (Fsp3) is 0.286. The van der Waals surface area contributed by atoms with Crippen molar-refractivity contribution in [2.24, 2.45) is 0 Å². The van der Waals surface area contributed by atoms with Crippen LogP contribution in [0.1, 0.15) is 47.1 Å². The van der Waals surface area contributed by atoms with Crippen molar-refractivity contribution in [2.75, 3.05) is 0 Å². The Morgan fingerprint density at radius 3 is 2.40 bits per heavy atom. The summed E-state index contributed by atoms with van der Waals surface area (Å²) in [5.74, 6) is 0.0371. The van der Waals surface area contributed by atoms with Gasteiger partial charge in [-0.05, 0) is 40.6 Å². The van der Waals surface area contributed by atoms with Crippen LogP contribution in [0.2, 0.25) is 0 Å². The molecule has 0 N–H and O–H groups in total. The Kier molecular flexibility index (Phi) is 5.09. The summed E-state index contributed by atoms with van der Waals surface area (Å²) >= 11 is 1.66. The Morgan fingerprint density at radius 1 is 1.08 bits per heavy atom. The SMILES string of the molecule is CC(C)(C)c1ccc(C(=O)N(Cc2ccoc2)Cc2cccs2)cc1. The summed E-state index contributed by atoms with van der Waals surface area (Å²) < 4.78 is 5.15. The van der Waals surface area contributed by atoms with Crippen LogP contribution in [0.4, 0.5) is 0 Å². The van der Waals surface area contributed by atoms with Gasteiger partial charge in [0, 0.05) is 22.5 Å². The highest BCUT2D eigenvalue weighted by atomic mass is 32.1. The van der Waals surface area contributed by atoms with Crippen molar-refractivity contribution in [1.82, 2.24) is 4.90 Å². The molecule has 0 radical (unpaired) electrons. The highest BCUT2D eigenvalue weighted by Crippen LogP contribution is 2.23. The van der Waals surface area contributed by atoms with Crippen LogP contribution in [0.25, 0.3) is 0 Å². The Hall–Kier alpha value is -2.33. The zero-order valence-electron chi connectivity index (χ0n) is 14.9. The van der Waals surface area contributed by atoms with E-state index < -0.39 is 0 Å². The van der Waals surface area contributed by atoms with E-state index in [9.17, 15) is 4.79 Å². The molecular weight excluding hydrogens is 330 g/mol. The van der Waals surface area contributed by atoms with Gasteiger partial charge in [0.1, 0.15) is 0 Å². The number of benzene rings is 1. The Bertz CT molecular complexity index is 760. The third-order valence-electron chi connectivity index (χ3n) is 4.17. The molecule has 1 amide bonds. The number of thiophene rings is 1. The number of nitrogens with zero attached hydrogens (tertiary/aromatic N) is 1. The second-order valence-electron chi connectivity index (χ2n) is 7.20. The van der Waals surface area contributed by atoms with Gasteiger partial charge in [-0.25, -0.2) is 0 Å². The van der Waals surface area contributed by atoms with Gasteiger partial charge >= 0.3 is 0 Å². The molecule has 0 saturated heterocycles.